The Kier molecular flexibility index (Phi) is 3.88. The van der Waals surface area contributed by atoms with Crippen LogP contribution in [0.25, 0.3) is 0 Å². The molecule has 1 aromatic rings. The lowest BCUT2D eigenvalue weighted by molar-refractivity contribution is 0.250. The highest BCUT2D eigenvalue weighted by atomic mass is 35.5. The third-order valence-electron chi connectivity index (χ3n) is 2.86. The van der Waals surface area contributed by atoms with Crippen LogP contribution < -0.4 is 16.4 Å². The molecule has 0 amide bonds. The van der Waals surface area contributed by atoms with Crippen LogP contribution in [0.2, 0.25) is 5.15 Å². The minimum atomic E-state index is 0.111. The van der Waals surface area contributed by atoms with Crippen LogP contribution in [0.15, 0.2) is 12.2 Å². The van der Waals surface area contributed by atoms with Gasteiger partial charge in [-0.25, -0.2) is 0 Å². The van der Waals surface area contributed by atoms with E-state index >= 15 is 0 Å². The summed E-state index contributed by atoms with van der Waals surface area (Å²) in [5.74, 6) is 0.889. The number of nitrogens with one attached hydrogen (secondary N) is 2. The number of aliphatic hydroxyl groups is 1. The van der Waals surface area contributed by atoms with Crippen molar-refractivity contribution in [1.82, 2.24) is 9.97 Å². The molecule has 7 heteroatoms. The lowest BCUT2D eigenvalue weighted by atomic mass is 10.1. The van der Waals surface area contributed by atoms with Crippen LogP contribution >= 0.6 is 11.6 Å². The van der Waals surface area contributed by atoms with Gasteiger partial charge in [-0.15, -0.1) is 0 Å². The number of halogens is 1. The van der Waals surface area contributed by atoms with E-state index in [2.05, 4.69) is 20.6 Å². The van der Waals surface area contributed by atoms with Crippen molar-refractivity contribution in [2.75, 3.05) is 30.0 Å². The molecule has 0 aliphatic heterocycles. The van der Waals surface area contributed by atoms with Crippen molar-refractivity contribution >= 4 is 29.1 Å². The molecule has 0 aromatic carbocycles. The summed E-state index contributed by atoms with van der Waals surface area (Å²) >= 11 is 5.98. The fraction of sp³-hybridized carbons (Fsp3) is 0.455. The fourth-order valence-corrected chi connectivity index (χ4v) is 2.24. The van der Waals surface area contributed by atoms with Crippen molar-refractivity contribution in [2.24, 2.45) is 5.92 Å². The van der Waals surface area contributed by atoms with Gasteiger partial charge in [-0.05, 0) is 6.42 Å². The Hall–Kier alpha value is -1.53. The molecule has 98 valence electrons. The standard InChI is InChI=1S/C11H16ClN5O/c1-14-8-9(12)16-11(13)17-10(8)15-7-3-2-6(4-7)5-18/h2-3,6-7,14,18H,4-5H2,1H3,(H3,13,15,16,17)/t6-,7+/m1/s1. The van der Waals surface area contributed by atoms with E-state index in [0.717, 1.165) is 6.42 Å². The van der Waals surface area contributed by atoms with Gasteiger partial charge in [0.15, 0.2) is 11.0 Å². The van der Waals surface area contributed by atoms with Crippen LogP contribution in [0.4, 0.5) is 17.5 Å². The molecule has 2 rings (SSSR count). The molecule has 0 radical (unpaired) electrons. The summed E-state index contributed by atoms with van der Waals surface area (Å²) in [7, 11) is 1.74. The number of anilines is 3. The van der Waals surface area contributed by atoms with Gasteiger partial charge in [0, 0.05) is 25.6 Å². The van der Waals surface area contributed by atoms with Gasteiger partial charge < -0.3 is 21.5 Å². The number of hydrogen-bond acceptors (Lipinski definition) is 6. The number of nitrogens with zero attached hydrogens (tertiary/aromatic N) is 2. The van der Waals surface area contributed by atoms with E-state index in [4.69, 9.17) is 22.4 Å². The Balaban J connectivity index is 2.17. The van der Waals surface area contributed by atoms with E-state index in [1.807, 2.05) is 12.2 Å². The number of nitrogens with two attached hydrogens (primary N) is 1. The van der Waals surface area contributed by atoms with E-state index < -0.39 is 0 Å². The van der Waals surface area contributed by atoms with Crippen LogP contribution in [0.3, 0.4) is 0 Å². The van der Waals surface area contributed by atoms with E-state index in [-0.39, 0.29) is 29.7 Å². The van der Waals surface area contributed by atoms with Crippen LogP contribution in [0.5, 0.6) is 0 Å². The lowest BCUT2D eigenvalue weighted by Crippen LogP contribution is -2.19. The molecule has 0 unspecified atom stereocenters. The summed E-state index contributed by atoms with van der Waals surface area (Å²) in [6, 6.07) is 0.111. The predicted molar refractivity (Wildman–Crippen MR) is 72.7 cm³/mol. The molecular formula is C11H16ClN5O. The van der Waals surface area contributed by atoms with E-state index in [0.29, 0.717) is 11.5 Å². The first-order chi connectivity index (χ1) is 8.63. The van der Waals surface area contributed by atoms with Gasteiger partial charge in [-0.3, -0.25) is 0 Å². The molecule has 0 saturated heterocycles. The molecule has 2 atom stereocenters. The largest absolute Gasteiger partial charge is 0.396 e. The molecule has 1 aliphatic rings. The fourth-order valence-electron chi connectivity index (χ4n) is 1.97. The average Bonchev–Trinajstić information content (AvgIpc) is 2.76. The molecule has 0 spiro atoms. The van der Waals surface area contributed by atoms with Gasteiger partial charge >= 0.3 is 0 Å². The first-order valence-corrected chi connectivity index (χ1v) is 6.08. The summed E-state index contributed by atoms with van der Waals surface area (Å²) < 4.78 is 0. The van der Waals surface area contributed by atoms with Crippen molar-refractivity contribution in [3.05, 3.63) is 17.3 Å². The summed E-state index contributed by atoms with van der Waals surface area (Å²) in [5, 5.41) is 15.5. The van der Waals surface area contributed by atoms with Gasteiger partial charge in [0.05, 0.1) is 0 Å². The van der Waals surface area contributed by atoms with Gasteiger partial charge in [-0.1, -0.05) is 23.8 Å². The minimum absolute atomic E-state index is 0.111. The van der Waals surface area contributed by atoms with E-state index in [1.54, 1.807) is 7.05 Å². The highest BCUT2D eigenvalue weighted by Gasteiger charge is 2.20. The van der Waals surface area contributed by atoms with Crippen molar-refractivity contribution in [2.45, 2.75) is 12.5 Å². The number of rotatable bonds is 4. The molecular weight excluding hydrogens is 254 g/mol. The zero-order valence-electron chi connectivity index (χ0n) is 10.0. The predicted octanol–water partition coefficient (Wildman–Crippen LogP) is 1.10. The van der Waals surface area contributed by atoms with Gasteiger partial charge in [0.1, 0.15) is 5.69 Å². The van der Waals surface area contributed by atoms with Crippen LogP contribution in [-0.4, -0.2) is 34.8 Å². The summed E-state index contributed by atoms with van der Waals surface area (Å²) in [6.07, 6.45) is 4.82. The minimum Gasteiger partial charge on any atom is -0.396 e. The molecule has 0 fully saturated rings. The van der Waals surface area contributed by atoms with Crippen molar-refractivity contribution < 1.29 is 5.11 Å². The lowest BCUT2D eigenvalue weighted by Gasteiger charge is -2.17. The highest BCUT2D eigenvalue weighted by molar-refractivity contribution is 6.32. The van der Waals surface area contributed by atoms with Crippen molar-refractivity contribution in [3.8, 4) is 0 Å². The quantitative estimate of drug-likeness (QED) is 0.483. The Morgan fingerprint density at radius 2 is 2.28 bits per heavy atom. The SMILES string of the molecule is CNc1c(Cl)nc(N)nc1N[C@H]1C=C[C@@H](CO)C1. The molecule has 6 nitrogen and oxygen atoms in total. The number of hydrogen-bond donors (Lipinski definition) is 4. The van der Waals surface area contributed by atoms with E-state index in [1.165, 1.54) is 0 Å². The Morgan fingerprint density at radius 1 is 1.50 bits per heavy atom. The molecule has 0 bridgehead atoms. The molecule has 0 saturated carbocycles. The van der Waals surface area contributed by atoms with Gasteiger partial charge in [0.2, 0.25) is 5.95 Å². The summed E-state index contributed by atoms with van der Waals surface area (Å²) in [6.45, 7) is 0.153. The highest BCUT2D eigenvalue weighted by Crippen LogP contribution is 2.30. The zero-order valence-corrected chi connectivity index (χ0v) is 10.8. The van der Waals surface area contributed by atoms with Crippen LogP contribution in [0, 0.1) is 5.92 Å². The molecule has 5 N–H and O–H groups in total. The molecule has 1 heterocycles. The van der Waals surface area contributed by atoms with Crippen LogP contribution in [-0.2, 0) is 0 Å². The first-order valence-electron chi connectivity index (χ1n) is 5.70. The van der Waals surface area contributed by atoms with Gasteiger partial charge in [0.25, 0.3) is 0 Å². The van der Waals surface area contributed by atoms with Crippen LogP contribution in [0.1, 0.15) is 6.42 Å². The third-order valence-corrected chi connectivity index (χ3v) is 3.13. The Morgan fingerprint density at radius 3 is 2.89 bits per heavy atom. The number of nitrogen functional groups attached to an aromatic ring is 1. The second-order valence-electron chi connectivity index (χ2n) is 4.16. The summed E-state index contributed by atoms with van der Waals surface area (Å²) in [5.41, 5.74) is 6.20. The first kappa shape index (κ1) is 12.9. The second-order valence-corrected chi connectivity index (χ2v) is 4.52. The van der Waals surface area contributed by atoms with Crippen molar-refractivity contribution in [3.63, 3.8) is 0 Å². The monoisotopic (exact) mass is 269 g/mol. The molecule has 1 aromatic heterocycles. The topological polar surface area (TPSA) is 96.1 Å². The van der Waals surface area contributed by atoms with Gasteiger partial charge in [-0.2, -0.15) is 9.97 Å². The average molecular weight is 270 g/mol. The normalized spacial score (nSPS) is 22.2. The Labute approximate surface area is 110 Å². The number of aliphatic hydroxyl groups excluding tert-OH is 1. The molecule has 18 heavy (non-hydrogen) atoms. The summed E-state index contributed by atoms with van der Waals surface area (Å²) in [4.78, 5) is 8.01. The third kappa shape index (κ3) is 2.65. The van der Waals surface area contributed by atoms with Crippen molar-refractivity contribution in [1.29, 1.82) is 0 Å². The Bertz CT molecular complexity index is 465. The van der Waals surface area contributed by atoms with E-state index in [9.17, 15) is 0 Å². The maximum absolute atomic E-state index is 9.08. The second kappa shape index (κ2) is 5.41. The maximum atomic E-state index is 9.08. The molecule has 1 aliphatic carbocycles. The maximum Gasteiger partial charge on any atom is 0.223 e. The number of aromatic nitrogens is 2. The zero-order chi connectivity index (χ0) is 13.1. The smallest absolute Gasteiger partial charge is 0.223 e.